The summed E-state index contributed by atoms with van der Waals surface area (Å²) >= 11 is 1.50. The number of ether oxygens (including phenoxy) is 1. The molecular weight excluding hydrogens is 364 g/mol. The molecule has 3 rings (SSSR count). The molecule has 3 N–H and O–H groups in total. The molecule has 1 aromatic carbocycles. The second kappa shape index (κ2) is 9.48. The lowest BCUT2D eigenvalue weighted by Gasteiger charge is -2.20. The van der Waals surface area contributed by atoms with E-state index in [9.17, 15) is 9.59 Å². The quantitative estimate of drug-likeness (QED) is 0.677. The number of carbonyl (C=O) groups excluding carboxylic acids is 2. The number of nitrogens with zero attached hydrogens (tertiary/aromatic N) is 1. The first kappa shape index (κ1) is 19.3. The van der Waals surface area contributed by atoms with Gasteiger partial charge in [-0.25, -0.2) is 4.98 Å². The van der Waals surface area contributed by atoms with E-state index < -0.39 is 0 Å². The van der Waals surface area contributed by atoms with Crippen molar-refractivity contribution in [1.82, 2.24) is 15.6 Å². The van der Waals surface area contributed by atoms with Gasteiger partial charge >= 0.3 is 0 Å². The van der Waals surface area contributed by atoms with Crippen molar-refractivity contribution in [3.05, 3.63) is 40.9 Å². The Morgan fingerprint density at radius 1 is 1.30 bits per heavy atom. The van der Waals surface area contributed by atoms with Gasteiger partial charge in [0.25, 0.3) is 5.91 Å². The SMILES string of the molecule is CCOc1ccccc1C(=O)NCC(=O)Nc1ncc(C2CCNCC2)s1. The van der Waals surface area contributed by atoms with E-state index >= 15 is 0 Å². The van der Waals surface area contributed by atoms with Crippen molar-refractivity contribution in [1.29, 1.82) is 0 Å². The Hall–Kier alpha value is -2.45. The summed E-state index contributed by atoms with van der Waals surface area (Å²) in [6.45, 7) is 4.23. The van der Waals surface area contributed by atoms with Crippen LogP contribution in [0.25, 0.3) is 0 Å². The highest BCUT2D eigenvalue weighted by Crippen LogP contribution is 2.31. The predicted octanol–water partition coefficient (Wildman–Crippen LogP) is 2.38. The molecule has 1 saturated heterocycles. The molecule has 1 fully saturated rings. The number of hydrogen-bond donors (Lipinski definition) is 3. The number of carbonyl (C=O) groups is 2. The topological polar surface area (TPSA) is 92.3 Å². The van der Waals surface area contributed by atoms with Crippen molar-refractivity contribution in [2.45, 2.75) is 25.7 Å². The lowest BCUT2D eigenvalue weighted by atomic mass is 9.97. The minimum Gasteiger partial charge on any atom is -0.493 e. The van der Waals surface area contributed by atoms with Crippen molar-refractivity contribution in [2.24, 2.45) is 0 Å². The first-order valence-corrected chi connectivity index (χ1v) is 9.95. The number of hydrogen-bond acceptors (Lipinski definition) is 6. The Labute approximate surface area is 162 Å². The van der Waals surface area contributed by atoms with Gasteiger partial charge in [0, 0.05) is 11.1 Å². The van der Waals surface area contributed by atoms with Crippen LogP contribution < -0.4 is 20.7 Å². The molecule has 0 bridgehead atoms. The summed E-state index contributed by atoms with van der Waals surface area (Å²) in [6.07, 6.45) is 4.02. The Kier molecular flexibility index (Phi) is 6.78. The number of thiazole rings is 1. The van der Waals surface area contributed by atoms with Crippen molar-refractivity contribution < 1.29 is 14.3 Å². The highest BCUT2D eigenvalue weighted by molar-refractivity contribution is 7.15. The van der Waals surface area contributed by atoms with Crippen LogP contribution in [-0.2, 0) is 4.79 Å². The number of nitrogens with one attached hydrogen (secondary N) is 3. The third-order valence-electron chi connectivity index (χ3n) is 4.35. The van der Waals surface area contributed by atoms with E-state index in [0.29, 0.717) is 29.0 Å². The molecule has 144 valence electrons. The standard InChI is InChI=1S/C19H24N4O3S/c1-2-26-15-6-4-3-5-14(15)18(25)21-12-17(24)23-19-22-11-16(27-19)13-7-9-20-10-8-13/h3-6,11,13,20H,2,7-10,12H2,1H3,(H,21,25)(H,22,23,24). The van der Waals surface area contributed by atoms with E-state index in [1.807, 2.05) is 13.1 Å². The van der Waals surface area contributed by atoms with E-state index in [4.69, 9.17) is 4.74 Å². The summed E-state index contributed by atoms with van der Waals surface area (Å²) in [6, 6.07) is 6.97. The van der Waals surface area contributed by atoms with Gasteiger partial charge in [0.05, 0.1) is 18.7 Å². The fourth-order valence-corrected chi connectivity index (χ4v) is 4.00. The molecule has 0 saturated carbocycles. The number of piperidine rings is 1. The van der Waals surface area contributed by atoms with Crippen LogP contribution in [-0.4, -0.2) is 43.0 Å². The number of benzene rings is 1. The number of para-hydroxylation sites is 1. The second-order valence-electron chi connectivity index (χ2n) is 6.25. The summed E-state index contributed by atoms with van der Waals surface area (Å²) in [4.78, 5) is 29.9. The Morgan fingerprint density at radius 3 is 2.85 bits per heavy atom. The van der Waals surface area contributed by atoms with Crippen molar-refractivity contribution >= 4 is 28.3 Å². The lowest BCUT2D eigenvalue weighted by molar-refractivity contribution is -0.115. The van der Waals surface area contributed by atoms with Crippen LogP contribution >= 0.6 is 11.3 Å². The Bertz CT molecular complexity index is 787. The number of rotatable bonds is 7. The molecular formula is C19H24N4O3S. The minimum absolute atomic E-state index is 0.123. The molecule has 2 amide bonds. The van der Waals surface area contributed by atoms with Crippen LogP contribution in [0.4, 0.5) is 5.13 Å². The fraction of sp³-hybridized carbons (Fsp3) is 0.421. The summed E-state index contributed by atoms with van der Waals surface area (Å²) < 4.78 is 5.45. The van der Waals surface area contributed by atoms with Crippen molar-refractivity contribution in [3.63, 3.8) is 0 Å². The van der Waals surface area contributed by atoms with Gasteiger partial charge < -0.3 is 20.7 Å². The highest BCUT2D eigenvalue weighted by Gasteiger charge is 2.19. The van der Waals surface area contributed by atoms with Crippen LogP contribution in [0.3, 0.4) is 0 Å². The maximum Gasteiger partial charge on any atom is 0.255 e. The lowest BCUT2D eigenvalue weighted by Crippen LogP contribution is -2.33. The van der Waals surface area contributed by atoms with Crippen LogP contribution in [0.2, 0.25) is 0 Å². The molecule has 0 radical (unpaired) electrons. The first-order chi connectivity index (χ1) is 13.2. The van der Waals surface area contributed by atoms with Gasteiger partial charge in [-0.2, -0.15) is 0 Å². The fourth-order valence-electron chi connectivity index (χ4n) is 2.99. The maximum absolute atomic E-state index is 12.3. The molecule has 8 heteroatoms. The summed E-state index contributed by atoms with van der Waals surface area (Å²) in [5, 5.41) is 9.29. The van der Waals surface area contributed by atoms with E-state index in [1.54, 1.807) is 24.3 Å². The van der Waals surface area contributed by atoms with Gasteiger partial charge in [-0.1, -0.05) is 12.1 Å². The maximum atomic E-state index is 12.3. The van der Waals surface area contributed by atoms with Crippen LogP contribution in [0, 0.1) is 0 Å². The van der Waals surface area contributed by atoms with E-state index in [0.717, 1.165) is 25.9 Å². The van der Waals surface area contributed by atoms with E-state index in [-0.39, 0.29) is 18.4 Å². The molecule has 7 nitrogen and oxygen atoms in total. The third kappa shape index (κ3) is 5.27. The van der Waals surface area contributed by atoms with Crippen molar-refractivity contribution in [2.75, 3.05) is 31.6 Å². The predicted molar refractivity (Wildman–Crippen MR) is 106 cm³/mol. The average molecular weight is 388 g/mol. The van der Waals surface area contributed by atoms with Crippen LogP contribution in [0.15, 0.2) is 30.5 Å². The molecule has 2 aromatic rings. The smallest absolute Gasteiger partial charge is 0.255 e. The summed E-state index contributed by atoms with van der Waals surface area (Å²) in [7, 11) is 0. The molecule has 0 aliphatic carbocycles. The Balaban J connectivity index is 1.51. The Morgan fingerprint density at radius 2 is 2.07 bits per heavy atom. The zero-order valence-electron chi connectivity index (χ0n) is 15.3. The normalized spacial score (nSPS) is 14.6. The molecule has 1 aliphatic rings. The highest BCUT2D eigenvalue weighted by atomic mass is 32.1. The first-order valence-electron chi connectivity index (χ1n) is 9.13. The zero-order chi connectivity index (χ0) is 19.1. The number of anilines is 1. The van der Waals surface area contributed by atoms with Crippen LogP contribution in [0.5, 0.6) is 5.75 Å². The summed E-state index contributed by atoms with van der Waals surface area (Å²) in [5.74, 6) is 0.362. The van der Waals surface area contributed by atoms with Crippen LogP contribution in [0.1, 0.15) is 40.9 Å². The second-order valence-corrected chi connectivity index (χ2v) is 7.31. The average Bonchev–Trinajstić information content (AvgIpc) is 3.16. The third-order valence-corrected chi connectivity index (χ3v) is 5.43. The molecule has 0 unspecified atom stereocenters. The largest absolute Gasteiger partial charge is 0.493 e. The molecule has 2 heterocycles. The van der Waals surface area contributed by atoms with Gasteiger partial charge in [-0.15, -0.1) is 11.3 Å². The molecule has 0 spiro atoms. The van der Waals surface area contributed by atoms with Gasteiger partial charge in [0.15, 0.2) is 5.13 Å². The minimum atomic E-state index is -0.344. The molecule has 1 aromatic heterocycles. The van der Waals surface area contributed by atoms with Gasteiger partial charge in [-0.05, 0) is 50.9 Å². The van der Waals surface area contributed by atoms with Gasteiger partial charge in [-0.3, -0.25) is 9.59 Å². The van der Waals surface area contributed by atoms with Gasteiger partial charge in [0.1, 0.15) is 5.75 Å². The molecule has 0 atom stereocenters. The molecule has 1 aliphatic heterocycles. The summed E-state index contributed by atoms with van der Waals surface area (Å²) in [5.41, 5.74) is 0.412. The van der Waals surface area contributed by atoms with Gasteiger partial charge in [0.2, 0.25) is 5.91 Å². The zero-order valence-corrected chi connectivity index (χ0v) is 16.1. The van der Waals surface area contributed by atoms with Crippen molar-refractivity contribution in [3.8, 4) is 5.75 Å². The number of aromatic nitrogens is 1. The van der Waals surface area contributed by atoms with E-state index in [2.05, 4.69) is 20.9 Å². The molecule has 27 heavy (non-hydrogen) atoms. The number of amides is 2. The monoisotopic (exact) mass is 388 g/mol. The van der Waals surface area contributed by atoms with E-state index in [1.165, 1.54) is 16.2 Å².